The average molecular weight is 281 g/mol. The summed E-state index contributed by atoms with van der Waals surface area (Å²) >= 11 is 5.57. The van der Waals surface area contributed by atoms with Crippen LogP contribution in [0.3, 0.4) is 0 Å². The molecule has 98 valence electrons. The van der Waals surface area contributed by atoms with E-state index in [1.165, 1.54) is 24.3 Å². The van der Waals surface area contributed by atoms with Crippen LogP contribution in [0, 0.1) is 5.82 Å². The number of halogens is 2. The lowest BCUT2D eigenvalue weighted by Crippen LogP contribution is -1.99. The van der Waals surface area contributed by atoms with E-state index in [1.807, 2.05) is 0 Å². The summed E-state index contributed by atoms with van der Waals surface area (Å²) in [5, 5.41) is 8.89. The zero-order chi connectivity index (χ0) is 13.8. The molecule has 0 saturated carbocycles. The lowest BCUT2D eigenvalue weighted by molar-refractivity contribution is 0.0696. The molecule has 2 aromatic rings. The van der Waals surface area contributed by atoms with Crippen molar-refractivity contribution in [3.63, 3.8) is 0 Å². The van der Waals surface area contributed by atoms with Gasteiger partial charge in [-0.3, -0.25) is 0 Å². The molecular formula is C14H10ClFO3. The van der Waals surface area contributed by atoms with Crippen molar-refractivity contribution < 1.29 is 19.0 Å². The minimum absolute atomic E-state index is 0.0524. The van der Waals surface area contributed by atoms with Gasteiger partial charge < -0.3 is 9.84 Å². The van der Waals surface area contributed by atoms with Gasteiger partial charge in [0, 0.05) is 0 Å². The highest BCUT2D eigenvalue weighted by molar-refractivity contribution is 6.30. The number of aromatic carboxylic acids is 1. The zero-order valence-corrected chi connectivity index (χ0v) is 10.5. The Bertz CT molecular complexity index is 613. The van der Waals surface area contributed by atoms with Crippen molar-refractivity contribution in [2.24, 2.45) is 0 Å². The van der Waals surface area contributed by atoms with Crippen LogP contribution in [0.4, 0.5) is 4.39 Å². The van der Waals surface area contributed by atoms with Crippen LogP contribution in [-0.2, 0) is 6.61 Å². The van der Waals surface area contributed by atoms with Crippen LogP contribution in [0.5, 0.6) is 5.75 Å². The fourth-order valence-corrected chi connectivity index (χ4v) is 1.63. The molecule has 0 aromatic heterocycles. The molecule has 0 fully saturated rings. The highest BCUT2D eigenvalue weighted by Gasteiger charge is 2.05. The lowest BCUT2D eigenvalue weighted by Gasteiger charge is -2.07. The number of carboxylic acids is 1. The zero-order valence-electron chi connectivity index (χ0n) is 9.77. The normalized spacial score (nSPS) is 10.2. The maximum atomic E-state index is 13.2. The van der Waals surface area contributed by atoms with E-state index in [9.17, 15) is 9.18 Å². The van der Waals surface area contributed by atoms with E-state index < -0.39 is 11.8 Å². The molecule has 0 spiro atoms. The first kappa shape index (κ1) is 13.4. The first-order valence-electron chi connectivity index (χ1n) is 5.46. The summed E-state index contributed by atoms with van der Waals surface area (Å²) in [5.41, 5.74) is 0.752. The predicted octanol–water partition coefficient (Wildman–Crippen LogP) is 3.76. The first-order valence-corrected chi connectivity index (χ1v) is 5.84. The van der Waals surface area contributed by atoms with Crippen molar-refractivity contribution in [1.82, 2.24) is 0 Å². The van der Waals surface area contributed by atoms with E-state index >= 15 is 0 Å². The number of hydrogen-bond donors (Lipinski definition) is 1. The van der Waals surface area contributed by atoms with E-state index in [2.05, 4.69) is 0 Å². The Morgan fingerprint density at radius 3 is 2.74 bits per heavy atom. The second-order valence-corrected chi connectivity index (χ2v) is 4.28. The maximum Gasteiger partial charge on any atom is 0.335 e. The predicted molar refractivity (Wildman–Crippen MR) is 69.1 cm³/mol. The van der Waals surface area contributed by atoms with Crippen LogP contribution in [0.25, 0.3) is 0 Å². The molecule has 0 atom stereocenters. The minimum atomic E-state index is -1.03. The number of ether oxygens (including phenoxy) is 1. The first-order chi connectivity index (χ1) is 9.06. The topological polar surface area (TPSA) is 46.5 Å². The number of carboxylic acid groups (broad SMARTS) is 1. The van der Waals surface area contributed by atoms with Crippen molar-refractivity contribution in [1.29, 1.82) is 0 Å². The summed E-state index contributed by atoms with van der Waals surface area (Å²) < 4.78 is 18.6. The molecule has 0 bridgehead atoms. The van der Waals surface area contributed by atoms with Gasteiger partial charge in [0.1, 0.15) is 18.2 Å². The van der Waals surface area contributed by atoms with E-state index in [4.69, 9.17) is 21.4 Å². The molecule has 0 aliphatic rings. The molecule has 0 unspecified atom stereocenters. The summed E-state index contributed by atoms with van der Waals surface area (Å²) in [6.07, 6.45) is 0. The Labute approximate surface area is 114 Å². The van der Waals surface area contributed by atoms with Gasteiger partial charge in [-0.2, -0.15) is 0 Å². The van der Waals surface area contributed by atoms with Crippen LogP contribution >= 0.6 is 11.6 Å². The Hall–Kier alpha value is -2.07. The second-order valence-electron chi connectivity index (χ2n) is 3.87. The summed E-state index contributed by atoms with van der Waals surface area (Å²) in [6, 6.07) is 10.5. The van der Waals surface area contributed by atoms with Gasteiger partial charge in [-0.05, 0) is 35.9 Å². The lowest BCUT2D eigenvalue weighted by atomic mass is 10.2. The third kappa shape index (κ3) is 3.45. The Kier molecular flexibility index (Phi) is 4.02. The molecule has 0 aliphatic heterocycles. The molecular weight excluding hydrogens is 271 g/mol. The highest BCUT2D eigenvalue weighted by atomic mass is 35.5. The van der Waals surface area contributed by atoms with Gasteiger partial charge in [-0.15, -0.1) is 0 Å². The molecule has 19 heavy (non-hydrogen) atoms. The third-order valence-corrected chi connectivity index (χ3v) is 2.78. The van der Waals surface area contributed by atoms with Crippen molar-refractivity contribution in [2.75, 3.05) is 0 Å². The van der Waals surface area contributed by atoms with Crippen molar-refractivity contribution in [3.8, 4) is 5.75 Å². The van der Waals surface area contributed by atoms with E-state index in [1.54, 1.807) is 18.2 Å². The largest absolute Gasteiger partial charge is 0.489 e. The quantitative estimate of drug-likeness (QED) is 0.927. The number of hydrogen-bond acceptors (Lipinski definition) is 2. The van der Waals surface area contributed by atoms with Gasteiger partial charge >= 0.3 is 5.97 Å². The Morgan fingerprint density at radius 1 is 1.26 bits per heavy atom. The molecule has 2 aromatic carbocycles. The van der Waals surface area contributed by atoms with Crippen LogP contribution in [0.2, 0.25) is 5.02 Å². The van der Waals surface area contributed by atoms with Gasteiger partial charge in [0.25, 0.3) is 0 Å². The van der Waals surface area contributed by atoms with Gasteiger partial charge in [-0.25, -0.2) is 9.18 Å². The number of carbonyl (C=O) groups is 1. The fraction of sp³-hybridized carbons (Fsp3) is 0.0714. The molecule has 3 nitrogen and oxygen atoms in total. The van der Waals surface area contributed by atoms with Crippen LogP contribution in [0.1, 0.15) is 15.9 Å². The highest BCUT2D eigenvalue weighted by Crippen LogP contribution is 2.18. The molecule has 1 N–H and O–H groups in total. The molecule has 0 heterocycles. The Balaban J connectivity index is 2.07. The molecule has 0 aliphatic carbocycles. The number of rotatable bonds is 4. The van der Waals surface area contributed by atoms with E-state index in [0.717, 1.165) is 0 Å². The molecule has 0 amide bonds. The molecule has 5 heteroatoms. The van der Waals surface area contributed by atoms with Crippen LogP contribution < -0.4 is 4.74 Å². The van der Waals surface area contributed by atoms with Crippen LogP contribution in [0.15, 0.2) is 42.5 Å². The standard InChI is InChI=1S/C14H10ClFO3/c15-12-5-4-9(6-13(12)16)8-19-11-3-1-2-10(7-11)14(17)18/h1-7H,8H2,(H,17,18). The summed E-state index contributed by atoms with van der Waals surface area (Å²) in [4.78, 5) is 10.8. The SMILES string of the molecule is O=C(O)c1cccc(OCc2ccc(Cl)c(F)c2)c1. The van der Waals surface area contributed by atoms with E-state index in [-0.39, 0.29) is 17.2 Å². The van der Waals surface area contributed by atoms with Crippen LogP contribution in [-0.4, -0.2) is 11.1 Å². The Morgan fingerprint density at radius 2 is 2.05 bits per heavy atom. The van der Waals surface area contributed by atoms with Gasteiger partial charge in [-0.1, -0.05) is 23.7 Å². The van der Waals surface area contributed by atoms with Crippen molar-refractivity contribution in [3.05, 3.63) is 64.4 Å². The fourth-order valence-electron chi connectivity index (χ4n) is 1.51. The smallest absolute Gasteiger partial charge is 0.335 e. The second kappa shape index (κ2) is 5.71. The maximum absolute atomic E-state index is 13.2. The molecule has 0 radical (unpaired) electrons. The minimum Gasteiger partial charge on any atom is -0.489 e. The number of benzene rings is 2. The summed E-state index contributed by atoms with van der Waals surface area (Å²) in [7, 11) is 0. The average Bonchev–Trinajstić information content (AvgIpc) is 2.40. The van der Waals surface area contributed by atoms with Crippen molar-refractivity contribution >= 4 is 17.6 Å². The van der Waals surface area contributed by atoms with Gasteiger partial charge in [0.15, 0.2) is 0 Å². The van der Waals surface area contributed by atoms with E-state index in [0.29, 0.717) is 11.3 Å². The molecule has 0 saturated heterocycles. The summed E-state index contributed by atoms with van der Waals surface area (Å²) in [6.45, 7) is 0.136. The summed E-state index contributed by atoms with van der Waals surface area (Å²) in [5.74, 6) is -1.12. The third-order valence-electron chi connectivity index (χ3n) is 2.47. The van der Waals surface area contributed by atoms with Gasteiger partial charge in [0.2, 0.25) is 0 Å². The van der Waals surface area contributed by atoms with Crippen molar-refractivity contribution in [2.45, 2.75) is 6.61 Å². The van der Waals surface area contributed by atoms with Gasteiger partial charge in [0.05, 0.1) is 10.6 Å². The molecule has 2 rings (SSSR count). The monoisotopic (exact) mass is 280 g/mol.